The topological polar surface area (TPSA) is 46.3 Å². The van der Waals surface area contributed by atoms with Gasteiger partial charge in [-0.1, -0.05) is 23.2 Å². The minimum absolute atomic E-state index is 0.140. The molecule has 1 aliphatic carbocycles. The molecule has 1 aromatic rings. The molecule has 1 amide bonds. The maximum absolute atomic E-state index is 12.2. The molecule has 0 atom stereocenters. The predicted molar refractivity (Wildman–Crippen MR) is 85.6 cm³/mol. The van der Waals surface area contributed by atoms with E-state index in [0.717, 1.165) is 60.8 Å². The van der Waals surface area contributed by atoms with Crippen molar-refractivity contribution in [3.63, 3.8) is 0 Å². The van der Waals surface area contributed by atoms with Crippen molar-refractivity contribution >= 4 is 29.1 Å². The van der Waals surface area contributed by atoms with Gasteiger partial charge in [-0.3, -0.25) is 4.79 Å². The van der Waals surface area contributed by atoms with Crippen molar-refractivity contribution in [2.75, 3.05) is 13.1 Å². The second-order valence-electron chi connectivity index (χ2n) is 6.33. The number of carbonyl (C=O) groups excluding carboxylic acids is 1. The van der Waals surface area contributed by atoms with Crippen molar-refractivity contribution in [2.24, 2.45) is 11.7 Å². The molecule has 0 spiro atoms. The number of hydrogen-bond donors (Lipinski definition) is 1. The first kappa shape index (κ1) is 15.1. The number of piperidine rings is 1. The van der Waals surface area contributed by atoms with E-state index in [4.69, 9.17) is 28.9 Å². The van der Waals surface area contributed by atoms with E-state index in [2.05, 4.69) is 0 Å². The van der Waals surface area contributed by atoms with Crippen molar-refractivity contribution in [3.8, 4) is 0 Å². The zero-order chi connectivity index (χ0) is 15.0. The summed E-state index contributed by atoms with van der Waals surface area (Å²) in [4.78, 5) is 14.1. The lowest BCUT2D eigenvalue weighted by atomic mass is 9.90. The van der Waals surface area contributed by atoms with E-state index >= 15 is 0 Å². The first-order valence-electron chi connectivity index (χ1n) is 7.50. The number of likely N-dealkylation sites (tertiary alicyclic amines) is 1. The maximum Gasteiger partial charge on any atom is 0.242 e. The summed E-state index contributed by atoms with van der Waals surface area (Å²) in [6, 6.07) is 5.61. The fourth-order valence-corrected chi connectivity index (χ4v) is 3.40. The first-order valence-corrected chi connectivity index (χ1v) is 8.26. The van der Waals surface area contributed by atoms with Gasteiger partial charge in [0.1, 0.15) is 0 Å². The lowest BCUT2D eigenvalue weighted by molar-refractivity contribution is -0.135. The first-order chi connectivity index (χ1) is 9.98. The molecule has 1 aromatic carbocycles. The van der Waals surface area contributed by atoms with Crippen LogP contribution in [0.5, 0.6) is 0 Å². The molecular weight excluding hydrogens is 307 g/mol. The van der Waals surface area contributed by atoms with E-state index < -0.39 is 5.54 Å². The Kier molecular flexibility index (Phi) is 4.17. The average molecular weight is 327 g/mol. The molecular formula is C16H20Cl2N2O. The van der Waals surface area contributed by atoms with Gasteiger partial charge in [-0.2, -0.15) is 0 Å². The van der Waals surface area contributed by atoms with E-state index in [9.17, 15) is 4.79 Å². The third kappa shape index (κ3) is 3.36. The molecule has 0 bridgehead atoms. The minimum atomic E-state index is -0.539. The molecule has 5 heteroatoms. The van der Waals surface area contributed by atoms with Crippen molar-refractivity contribution in [3.05, 3.63) is 33.8 Å². The molecule has 1 aliphatic heterocycles. The summed E-state index contributed by atoms with van der Waals surface area (Å²) < 4.78 is 0. The van der Waals surface area contributed by atoms with Gasteiger partial charge in [0.15, 0.2) is 0 Å². The SMILES string of the molecule is NC1(C(=O)N2CCC(Cc3cc(Cl)ccc3Cl)CC2)CC1. The highest BCUT2D eigenvalue weighted by molar-refractivity contribution is 6.33. The summed E-state index contributed by atoms with van der Waals surface area (Å²) in [5, 5.41) is 1.50. The molecule has 0 unspecified atom stereocenters. The number of nitrogens with two attached hydrogens (primary N) is 1. The standard InChI is InChI=1S/C16H20Cl2N2O/c17-13-1-2-14(18)12(10-13)9-11-3-7-20(8-4-11)15(21)16(19)5-6-16/h1-2,10-11H,3-9,19H2. The Morgan fingerprint density at radius 2 is 1.95 bits per heavy atom. The Morgan fingerprint density at radius 1 is 1.29 bits per heavy atom. The van der Waals surface area contributed by atoms with Crippen LogP contribution in [-0.4, -0.2) is 29.4 Å². The van der Waals surface area contributed by atoms with Crippen LogP contribution in [-0.2, 0) is 11.2 Å². The lowest BCUT2D eigenvalue weighted by Gasteiger charge is -2.33. The second kappa shape index (κ2) is 5.79. The quantitative estimate of drug-likeness (QED) is 0.926. The molecule has 0 radical (unpaired) electrons. The molecule has 21 heavy (non-hydrogen) atoms. The summed E-state index contributed by atoms with van der Waals surface area (Å²) in [6.45, 7) is 1.61. The van der Waals surface area contributed by atoms with Crippen LogP contribution in [0, 0.1) is 5.92 Å². The van der Waals surface area contributed by atoms with E-state index in [1.54, 1.807) is 0 Å². The molecule has 2 fully saturated rings. The van der Waals surface area contributed by atoms with Crippen LogP contribution >= 0.6 is 23.2 Å². The molecule has 3 nitrogen and oxygen atoms in total. The molecule has 114 valence electrons. The number of halogens is 2. The predicted octanol–water partition coefficient (Wildman–Crippen LogP) is 3.27. The van der Waals surface area contributed by atoms with Gasteiger partial charge in [0, 0.05) is 23.1 Å². The van der Waals surface area contributed by atoms with E-state index in [0.29, 0.717) is 5.92 Å². The maximum atomic E-state index is 12.2. The Morgan fingerprint density at radius 3 is 2.57 bits per heavy atom. The summed E-state index contributed by atoms with van der Waals surface area (Å²) in [5.74, 6) is 0.694. The van der Waals surface area contributed by atoms with Crippen LogP contribution < -0.4 is 5.73 Å². The number of amides is 1. The van der Waals surface area contributed by atoms with Crippen LogP contribution in [0.15, 0.2) is 18.2 Å². The van der Waals surface area contributed by atoms with Gasteiger partial charge in [-0.05, 0) is 61.8 Å². The molecule has 0 aromatic heterocycles. The van der Waals surface area contributed by atoms with Crippen molar-refractivity contribution < 1.29 is 4.79 Å². The fraction of sp³-hybridized carbons (Fsp3) is 0.562. The van der Waals surface area contributed by atoms with Crippen molar-refractivity contribution in [2.45, 2.75) is 37.6 Å². The number of hydrogen-bond acceptors (Lipinski definition) is 2. The van der Waals surface area contributed by atoms with Crippen LogP contribution in [0.1, 0.15) is 31.2 Å². The highest BCUT2D eigenvalue weighted by Gasteiger charge is 2.48. The number of carbonyl (C=O) groups is 1. The Balaban J connectivity index is 1.56. The zero-order valence-corrected chi connectivity index (χ0v) is 13.5. The summed E-state index contributed by atoms with van der Waals surface area (Å²) in [6.07, 6.45) is 4.61. The number of rotatable bonds is 3. The van der Waals surface area contributed by atoms with E-state index in [1.807, 2.05) is 23.1 Å². The third-order valence-electron chi connectivity index (χ3n) is 4.63. The van der Waals surface area contributed by atoms with E-state index in [-0.39, 0.29) is 5.91 Å². The highest BCUT2D eigenvalue weighted by atomic mass is 35.5. The Labute approximate surface area is 135 Å². The largest absolute Gasteiger partial charge is 0.341 e. The van der Waals surface area contributed by atoms with Gasteiger partial charge in [-0.25, -0.2) is 0 Å². The van der Waals surface area contributed by atoms with Gasteiger partial charge in [0.05, 0.1) is 5.54 Å². The minimum Gasteiger partial charge on any atom is -0.341 e. The van der Waals surface area contributed by atoms with Gasteiger partial charge in [0.2, 0.25) is 5.91 Å². The summed E-state index contributed by atoms with van der Waals surface area (Å²) in [7, 11) is 0. The van der Waals surface area contributed by atoms with Crippen LogP contribution in [0.25, 0.3) is 0 Å². The van der Waals surface area contributed by atoms with Crippen LogP contribution in [0.3, 0.4) is 0 Å². The lowest BCUT2D eigenvalue weighted by Crippen LogP contribution is -2.48. The molecule has 3 rings (SSSR count). The van der Waals surface area contributed by atoms with Gasteiger partial charge < -0.3 is 10.6 Å². The second-order valence-corrected chi connectivity index (χ2v) is 7.18. The Hall–Kier alpha value is -0.770. The normalized spacial score (nSPS) is 21.4. The zero-order valence-electron chi connectivity index (χ0n) is 11.9. The molecule has 1 saturated carbocycles. The number of nitrogens with zero attached hydrogens (tertiary/aromatic N) is 1. The molecule has 2 N–H and O–H groups in total. The smallest absolute Gasteiger partial charge is 0.242 e. The van der Waals surface area contributed by atoms with Gasteiger partial charge in [0.25, 0.3) is 0 Å². The van der Waals surface area contributed by atoms with Crippen molar-refractivity contribution in [1.82, 2.24) is 4.90 Å². The van der Waals surface area contributed by atoms with Gasteiger partial charge >= 0.3 is 0 Å². The highest BCUT2D eigenvalue weighted by Crippen LogP contribution is 2.35. The van der Waals surface area contributed by atoms with Crippen LogP contribution in [0.2, 0.25) is 10.0 Å². The average Bonchev–Trinajstić information content (AvgIpc) is 3.22. The molecule has 1 saturated heterocycles. The third-order valence-corrected chi connectivity index (χ3v) is 5.24. The number of benzene rings is 1. The summed E-state index contributed by atoms with van der Waals surface area (Å²) >= 11 is 12.3. The van der Waals surface area contributed by atoms with Crippen molar-refractivity contribution in [1.29, 1.82) is 0 Å². The van der Waals surface area contributed by atoms with E-state index in [1.165, 1.54) is 0 Å². The Bertz CT molecular complexity index is 549. The molecule has 2 aliphatic rings. The fourth-order valence-electron chi connectivity index (χ4n) is 3.01. The molecule has 1 heterocycles. The van der Waals surface area contributed by atoms with Gasteiger partial charge in [-0.15, -0.1) is 0 Å². The monoisotopic (exact) mass is 326 g/mol. The van der Waals surface area contributed by atoms with Crippen LogP contribution in [0.4, 0.5) is 0 Å². The summed E-state index contributed by atoms with van der Waals surface area (Å²) in [5.41, 5.74) is 6.56.